The van der Waals surface area contributed by atoms with E-state index in [4.69, 9.17) is 43.9 Å². The molecule has 108 heavy (non-hydrogen) atoms. The Labute approximate surface area is 629 Å². The number of nitrogens with two attached hydrogens (primary N) is 6. The maximum Gasteiger partial charge on any atom is 0.329 e. The van der Waals surface area contributed by atoms with Gasteiger partial charge in [-0.1, -0.05) is 67.5 Å². The maximum absolute atomic E-state index is 15.6. The fourth-order valence-electron chi connectivity index (χ4n) is 12.8. The van der Waals surface area contributed by atoms with Crippen molar-refractivity contribution in [2.45, 2.75) is 244 Å². The van der Waals surface area contributed by atoms with E-state index in [1.807, 2.05) is 13.8 Å². The van der Waals surface area contributed by atoms with Crippen LogP contribution in [0.5, 0.6) is 5.75 Å². The molecule has 2 aliphatic rings. The van der Waals surface area contributed by atoms with Gasteiger partial charge in [-0.05, 0) is 126 Å². The number of guanidine groups is 2. The molecule has 0 saturated carbocycles. The molecule has 3 rings (SSSR count). The molecule has 0 aromatic heterocycles. The minimum absolute atomic E-state index is 0.00607. The fourth-order valence-corrected chi connectivity index (χ4v) is 12.8. The number of phenols is 1. The average molecular weight is 1530 g/mol. The zero-order valence-corrected chi connectivity index (χ0v) is 64.0. The molecule has 1 aromatic carbocycles. The second-order valence-corrected chi connectivity index (χ2v) is 29.0. The van der Waals surface area contributed by atoms with Gasteiger partial charge in [-0.2, -0.15) is 0 Å². The number of likely N-dealkylation sites (N-methyl/N-ethyl adjacent to an activating group) is 1. The Bertz CT molecular complexity index is 3300. The average Bonchev–Trinajstić information content (AvgIpc) is 0.795. The molecule has 20 unspecified atom stereocenters. The summed E-state index contributed by atoms with van der Waals surface area (Å²) in [6.45, 7) is 16.2. The Morgan fingerprint density at radius 1 is 0.657 bits per heavy atom. The minimum atomic E-state index is -2.57. The molecule has 25 N–H and O–H groups in total. The zero-order valence-electron chi connectivity index (χ0n) is 64.0. The van der Waals surface area contributed by atoms with Crippen LogP contribution in [0.25, 0.3) is 0 Å². The number of rotatable bonds is 34. The number of benzene rings is 1. The third kappa shape index (κ3) is 28.2. The third-order valence-electron chi connectivity index (χ3n) is 19.2. The van der Waals surface area contributed by atoms with Crippen LogP contribution in [0.15, 0.2) is 34.3 Å². The number of ether oxygens (including phenoxy) is 2. The van der Waals surface area contributed by atoms with Gasteiger partial charge in [-0.25, -0.2) is 4.79 Å². The van der Waals surface area contributed by atoms with Crippen molar-refractivity contribution < 1.29 is 97.3 Å². The summed E-state index contributed by atoms with van der Waals surface area (Å²) < 4.78 is 11.9. The number of carbonyl (C=O) groups is 13. The van der Waals surface area contributed by atoms with Crippen LogP contribution in [0.4, 0.5) is 0 Å². The lowest BCUT2D eigenvalue weighted by molar-refractivity contribution is -0.165. The highest BCUT2D eigenvalue weighted by molar-refractivity contribution is 5.99. The topological polar surface area (TPSA) is 625 Å². The first-order valence-corrected chi connectivity index (χ1v) is 36.4. The second kappa shape index (κ2) is 44.1. The number of primary amides is 2. The molecular weight excluding hydrogens is 1410 g/mol. The number of hydrogen-bond acceptors (Lipinski definition) is 22. The van der Waals surface area contributed by atoms with Gasteiger partial charge in [0.15, 0.2) is 18.0 Å². The quantitative estimate of drug-likeness (QED) is 0.0133. The first-order valence-electron chi connectivity index (χ1n) is 36.4. The molecule has 2 saturated heterocycles. The largest absolute Gasteiger partial charge is 0.508 e. The predicted octanol–water partition coefficient (Wildman–Crippen LogP) is -4.91. The van der Waals surface area contributed by atoms with Crippen LogP contribution in [0.2, 0.25) is 0 Å². The number of hydrogen-bond donors (Lipinski definition) is 19. The Morgan fingerprint density at radius 3 is 1.81 bits per heavy atom. The van der Waals surface area contributed by atoms with Crippen molar-refractivity contribution in [1.29, 1.82) is 0 Å². The summed E-state index contributed by atoms with van der Waals surface area (Å²) in [5.74, 6) is -19.4. The summed E-state index contributed by atoms with van der Waals surface area (Å²) in [6, 6.07) is -12.2. The van der Waals surface area contributed by atoms with Crippen molar-refractivity contribution in [3.05, 3.63) is 29.8 Å². The molecule has 20 atom stereocenters. The number of methoxy groups -OCH3 is 1. The number of cyclic esters (lactones) is 1. The van der Waals surface area contributed by atoms with E-state index >= 15 is 24.0 Å². The highest BCUT2D eigenvalue weighted by atomic mass is 16.5. The first kappa shape index (κ1) is 92.7. The number of aliphatic hydroxyl groups is 4. The number of esters is 1. The lowest BCUT2D eigenvalue weighted by atomic mass is 9.87. The Morgan fingerprint density at radius 2 is 1.25 bits per heavy atom. The van der Waals surface area contributed by atoms with Gasteiger partial charge < -0.3 is 122 Å². The van der Waals surface area contributed by atoms with Crippen molar-refractivity contribution in [2.24, 2.45) is 79.9 Å². The van der Waals surface area contributed by atoms with E-state index in [0.29, 0.717) is 6.42 Å². The number of amides is 12. The van der Waals surface area contributed by atoms with Gasteiger partial charge in [0.25, 0.3) is 5.91 Å². The molecule has 38 heteroatoms. The van der Waals surface area contributed by atoms with E-state index in [1.165, 1.54) is 66.1 Å². The zero-order chi connectivity index (χ0) is 81.9. The lowest BCUT2D eigenvalue weighted by Gasteiger charge is -2.39. The summed E-state index contributed by atoms with van der Waals surface area (Å²) in [4.78, 5) is 198. The third-order valence-corrected chi connectivity index (χ3v) is 19.2. The molecule has 2 heterocycles. The van der Waals surface area contributed by atoms with Crippen molar-refractivity contribution in [3.63, 3.8) is 0 Å². The minimum Gasteiger partial charge on any atom is -0.508 e. The molecule has 0 radical (unpaired) electrons. The van der Waals surface area contributed by atoms with E-state index in [9.17, 15) is 63.9 Å². The van der Waals surface area contributed by atoms with Gasteiger partial charge in [0, 0.05) is 46.1 Å². The summed E-state index contributed by atoms with van der Waals surface area (Å²) in [5, 5.41) is 76.2. The molecule has 1 aromatic rings. The fraction of sp³-hybridized carbons (Fsp3) is 0.700. The van der Waals surface area contributed by atoms with E-state index in [-0.39, 0.29) is 112 Å². The van der Waals surface area contributed by atoms with Crippen LogP contribution in [0, 0.1) is 35.5 Å². The molecule has 2 fully saturated rings. The molecule has 0 bridgehead atoms. The number of aromatic hydroxyl groups is 1. The van der Waals surface area contributed by atoms with Gasteiger partial charge in [0.1, 0.15) is 78.4 Å². The van der Waals surface area contributed by atoms with Crippen molar-refractivity contribution >= 4 is 88.8 Å². The van der Waals surface area contributed by atoms with E-state index in [0.717, 1.165) is 23.6 Å². The Hall–Kier alpha value is -9.53. The highest BCUT2D eigenvalue weighted by Crippen LogP contribution is 2.30. The van der Waals surface area contributed by atoms with Gasteiger partial charge in [0.2, 0.25) is 65.0 Å². The smallest absolute Gasteiger partial charge is 0.329 e. The first-order chi connectivity index (χ1) is 50.4. The van der Waals surface area contributed by atoms with Gasteiger partial charge in [-0.3, -0.25) is 67.5 Å². The highest BCUT2D eigenvalue weighted by Gasteiger charge is 2.47. The van der Waals surface area contributed by atoms with Gasteiger partial charge in [-0.15, -0.1) is 0 Å². The second-order valence-electron chi connectivity index (χ2n) is 29.0. The van der Waals surface area contributed by atoms with Crippen LogP contribution in [0.1, 0.15) is 158 Å². The van der Waals surface area contributed by atoms with Crippen LogP contribution in [-0.2, 0) is 71.8 Å². The molecule has 0 aliphatic carbocycles. The number of nitrogens with one attached hydrogen (secondary N) is 8. The number of fused-ring (bicyclic) bond motifs is 1. The SMILES string of the molecule is COC(c1ccc(O)cc1)C1NC(=O)C(CCC(N)=O)N(C)C(=O)C(CC(C)C)NC(=O)C(CCCN=C(N)N)NC(=O)C(C(C)O)NC(=O)C(NC(=O)C(NC(=O)C(O)C(O)C(CCCN=C(N)N)NC(=O)C(C)NC(=O)C(C)C(O)C(C)CC(C)C)C(C)C(C)C(N)=O)C(C)OC(=O)C2CCCCN2C1=O. The summed E-state index contributed by atoms with van der Waals surface area (Å²) in [6.07, 6.45) is -11.9. The predicted molar refractivity (Wildman–Crippen MR) is 393 cm³/mol. The molecule has 38 nitrogen and oxygen atoms in total. The van der Waals surface area contributed by atoms with E-state index in [2.05, 4.69) is 52.5 Å². The summed E-state index contributed by atoms with van der Waals surface area (Å²) >= 11 is 0. The van der Waals surface area contributed by atoms with Crippen LogP contribution in [-0.4, -0.2) is 249 Å². The molecule has 0 spiro atoms. The maximum atomic E-state index is 15.6. The van der Waals surface area contributed by atoms with Gasteiger partial charge in [0.05, 0.1) is 24.2 Å². The van der Waals surface area contributed by atoms with Crippen molar-refractivity contribution in [2.75, 3.05) is 33.8 Å². The van der Waals surface area contributed by atoms with Gasteiger partial charge >= 0.3 is 5.97 Å². The van der Waals surface area contributed by atoms with Crippen molar-refractivity contribution in [1.82, 2.24) is 52.3 Å². The van der Waals surface area contributed by atoms with Crippen LogP contribution in [0.3, 0.4) is 0 Å². The number of aliphatic imine (C=N–C) groups is 2. The van der Waals surface area contributed by atoms with Crippen LogP contribution < -0.4 is 76.9 Å². The van der Waals surface area contributed by atoms with Crippen LogP contribution >= 0.6 is 0 Å². The molecule has 608 valence electrons. The van der Waals surface area contributed by atoms with Crippen molar-refractivity contribution in [3.8, 4) is 5.75 Å². The molecule has 12 amide bonds. The standard InChI is InChI=1S/C70H118N18O20/c1-32(2)30-34(5)53(92)37(8)58(96)79-38(9)59(97)80-43(18-16-27-77-69(73)74)54(93)55(94)65(103)83-49(35(6)36(7)57(72)95)62(100)85-51-40(11)108-68(106)47-20-14-15-29-88(47)67(105)52(56(107-13)41-21-23-42(90)24-22-41)86-61(99)46(25-26-48(71)91)87(12)66(104)45(31-33(3)4)82-60(98)44(19-17-28-78-70(75)76)81-63(101)50(39(10)89)84-64(51)102/h21-24,32-40,43-47,49-56,89-90,92-94H,14-20,25-31H2,1-13H3,(H2,71,91)(H2,72,95)(H,79,96)(H,80,97)(H,81,101)(H,82,98)(H,83,103)(H,84,102)(H,85,100)(H,86,99)(H4,73,74,77)(H4,75,76,78). The molecule has 2 aliphatic heterocycles. The summed E-state index contributed by atoms with van der Waals surface area (Å²) in [7, 11) is 2.41. The number of piperidine rings is 1. The number of nitrogens with zero attached hydrogens (tertiary/aromatic N) is 4. The Balaban J connectivity index is 2.35. The number of phenolic OH excluding ortho intramolecular Hbond substituents is 1. The monoisotopic (exact) mass is 1530 g/mol. The number of carbonyl (C=O) groups excluding carboxylic acids is 13. The van der Waals surface area contributed by atoms with E-state index in [1.54, 1.807) is 20.8 Å². The normalized spacial score (nSPS) is 23.6. The Kier molecular flexibility index (Phi) is 37.8. The molecular formula is C70H118N18O20. The number of aliphatic hydroxyl groups excluding tert-OH is 4. The lowest BCUT2D eigenvalue weighted by Crippen LogP contribution is -2.65. The van der Waals surface area contributed by atoms with E-state index < -0.39 is 204 Å². The summed E-state index contributed by atoms with van der Waals surface area (Å²) in [5.41, 5.74) is 33.8.